The largest absolute Gasteiger partial charge is 0.313 e. The van der Waals surface area contributed by atoms with Crippen molar-refractivity contribution < 1.29 is 13.2 Å². The van der Waals surface area contributed by atoms with Crippen molar-refractivity contribution in [2.45, 2.75) is 77.3 Å². The molecule has 2 aliphatic heterocycles. The lowest BCUT2D eigenvalue weighted by Gasteiger charge is -2.39. The van der Waals surface area contributed by atoms with Crippen LogP contribution in [0.4, 0.5) is 5.00 Å². The second-order valence-electron chi connectivity index (χ2n) is 14.0. The molecule has 1 N–H and O–H groups in total. The fourth-order valence-electron chi connectivity index (χ4n) is 8.04. The predicted octanol–water partition coefficient (Wildman–Crippen LogP) is 7.63. The third-order valence-corrected chi connectivity index (χ3v) is 13.6. The van der Waals surface area contributed by atoms with E-state index < -0.39 is 10.0 Å². The smallest absolute Gasteiger partial charge is 0.256 e. The van der Waals surface area contributed by atoms with Crippen molar-refractivity contribution in [2.75, 3.05) is 25.0 Å². The Labute approximate surface area is 268 Å². The number of para-hydroxylation sites is 1. The number of benzene rings is 2. The van der Waals surface area contributed by atoms with Crippen molar-refractivity contribution in [2.24, 2.45) is 10.8 Å². The minimum absolute atomic E-state index is 0.00767. The molecular weight excluding hydrogens is 609 g/mol. The number of nitrogens with one attached hydrogen (secondary N) is 1. The Hall–Kier alpha value is -2.63. The van der Waals surface area contributed by atoms with Crippen LogP contribution in [0, 0.1) is 10.8 Å². The number of aromatic nitrogens is 1. The highest BCUT2D eigenvalue weighted by molar-refractivity contribution is 7.89. The number of carbonyl (C=O) groups excluding carboxylic acids is 1. The summed E-state index contributed by atoms with van der Waals surface area (Å²) in [6.07, 6.45) is 4.85. The highest BCUT2D eigenvalue weighted by Gasteiger charge is 2.53. The number of fused-ring (bicyclic) bond motifs is 4. The minimum atomic E-state index is -3.66. The molecule has 10 heteroatoms. The van der Waals surface area contributed by atoms with Crippen LogP contribution in [-0.4, -0.2) is 54.2 Å². The molecule has 2 unspecified atom stereocenters. The Kier molecular flexibility index (Phi) is 7.52. The minimum Gasteiger partial charge on any atom is -0.313 e. The Morgan fingerprint density at radius 3 is 2.59 bits per heavy atom. The topological polar surface area (TPSA) is 82.6 Å². The summed E-state index contributed by atoms with van der Waals surface area (Å²) >= 11 is 3.30. The molecular formula is C34H40N4O3S3. The van der Waals surface area contributed by atoms with Crippen molar-refractivity contribution in [3.63, 3.8) is 0 Å². The number of nitrogens with zero attached hydrogens (tertiary/aromatic N) is 3. The molecule has 4 heterocycles. The van der Waals surface area contributed by atoms with Crippen molar-refractivity contribution in [3.8, 4) is 10.6 Å². The number of hydrogen-bond acceptors (Lipinski definition) is 7. The molecule has 44 heavy (non-hydrogen) atoms. The normalized spacial score (nSPS) is 23.6. The summed E-state index contributed by atoms with van der Waals surface area (Å²) in [6, 6.07) is 14.6. The summed E-state index contributed by atoms with van der Waals surface area (Å²) < 4.78 is 30.4. The molecule has 2 fully saturated rings. The van der Waals surface area contributed by atoms with Crippen LogP contribution in [0.3, 0.4) is 0 Å². The van der Waals surface area contributed by atoms with Crippen LogP contribution in [0.25, 0.3) is 20.8 Å². The van der Waals surface area contributed by atoms with Gasteiger partial charge in [0.2, 0.25) is 10.0 Å². The van der Waals surface area contributed by atoms with Gasteiger partial charge in [0, 0.05) is 41.7 Å². The number of hydrogen-bond donors (Lipinski definition) is 1. The Balaban J connectivity index is 1.16. The third-order valence-electron chi connectivity index (χ3n) is 9.50. The lowest BCUT2D eigenvalue weighted by atomic mass is 9.65. The van der Waals surface area contributed by atoms with E-state index in [1.54, 1.807) is 51.2 Å². The molecule has 0 spiro atoms. The number of thiophene rings is 1. The van der Waals surface area contributed by atoms with Crippen molar-refractivity contribution >= 4 is 53.8 Å². The SMILES string of the molecule is CCCN1CCc2c(sc(NC(=O)c3ccc(S(=O)(=O)N4CC5(C)CC4CC(C)(C)C5)cc3)c2-c2nc3ccccc3s2)C1. The standard InChI is InChI=1S/C34H40N4O3S3/c1-5-15-37-16-14-25-28(19-37)43-32(29(25)31-35-26-8-6-7-9-27(26)42-31)36-30(39)22-10-12-24(13-11-22)44(40,41)38-21-34(4)18-23(38)17-33(2,3)20-34/h6-13,23H,5,14-21H2,1-4H3,(H,36,39). The van der Waals surface area contributed by atoms with Gasteiger partial charge in [0.05, 0.1) is 15.1 Å². The van der Waals surface area contributed by atoms with Gasteiger partial charge in [-0.1, -0.05) is 39.8 Å². The van der Waals surface area contributed by atoms with Crippen molar-refractivity contribution in [1.82, 2.24) is 14.2 Å². The number of anilines is 1. The molecule has 3 aliphatic rings. The molecule has 2 bridgehead atoms. The van der Waals surface area contributed by atoms with E-state index in [9.17, 15) is 13.2 Å². The van der Waals surface area contributed by atoms with Gasteiger partial charge in [0.1, 0.15) is 10.0 Å². The van der Waals surface area contributed by atoms with E-state index in [1.807, 2.05) is 18.2 Å². The Morgan fingerprint density at radius 1 is 1.07 bits per heavy atom. The van der Waals surface area contributed by atoms with Gasteiger partial charge in [-0.2, -0.15) is 4.31 Å². The van der Waals surface area contributed by atoms with E-state index in [4.69, 9.17) is 4.98 Å². The first-order valence-electron chi connectivity index (χ1n) is 15.6. The van der Waals surface area contributed by atoms with Gasteiger partial charge >= 0.3 is 0 Å². The van der Waals surface area contributed by atoms with Gasteiger partial charge in [-0.15, -0.1) is 22.7 Å². The number of thiazole rings is 1. The second-order valence-corrected chi connectivity index (χ2v) is 18.0. The number of amides is 1. The highest BCUT2D eigenvalue weighted by Crippen LogP contribution is 2.53. The van der Waals surface area contributed by atoms with E-state index in [-0.39, 0.29) is 27.7 Å². The van der Waals surface area contributed by atoms with Crippen LogP contribution in [-0.2, 0) is 23.0 Å². The fraction of sp³-hybridized carbons (Fsp3) is 0.471. The lowest BCUT2D eigenvalue weighted by Crippen LogP contribution is -2.37. The summed E-state index contributed by atoms with van der Waals surface area (Å²) in [5.74, 6) is -0.244. The average Bonchev–Trinajstić information content (AvgIpc) is 3.63. The Morgan fingerprint density at radius 2 is 1.84 bits per heavy atom. The number of rotatable bonds is 7. The van der Waals surface area contributed by atoms with Gasteiger partial charge in [0.25, 0.3) is 5.91 Å². The maximum Gasteiger partial charge on any atom is 0.256 e. The van der Waals surface area contributed by atoms with Crippen LogP contribution in [0.15, 0.2) is 53.4 Å². The first-order valence-corrected chi connectivity index (χ1v) is 18.7. The lowest BCUT2D eigenvalue weighted by molar-refractivity contribution is 0.102. The molecule has 7 rings (SSSR count). The van der Waals surface area contributed by atoms with E-state index in [1.165, 1.54) is 10.4 Å². The monoisotopic (exact) mass is 648 g/mol. The summed E-state index contributed by atoms with van der Waals surface area (Å²) in [4.78, 5) is 22.6. The van der Waals surface area contributed by atoms with E-state index in [0.717, 1.165) is 77.5 Å². The van der Waals surface area contributed by atoms with Crippen LogP contribution < -0.4 is 5.32 Å². The van der Waals surface area contributed by atoms with Crippen LogP contribution in [0.5, 0.6) is 0 Å². The van der Waals surface area contributed by atoms with Gasteiger partial charge in [-0.3, -0.25) is 9.69 Å². The highest BCUT2D eigenvalue weighted by atomic mass is 32.2. The van der Waals surface area contributed by atoms with Gasteiger partial charge < -0.3 is 5.32 Å². The molecule has 2 atom stereocenters. The maximum atomic E-state index is 13.8. The molecule has 2 aromatic carbocycles. The molecule has 1 aliphatic carbocycles. The van der Waals surface area contributed by atoms with Gasteiger partial charge in [0.15, 0.2) is 0 Å². The molecule has 4 aromatic rings. The second kappa shape index (κ2) is 11.0. The van der Waals surface area contributed by atoms with Crippen LogP contribution in [0.1, 0.15) is 74.2 Å². The van der Waals surface area contributed by atoms with E-state index >= 15 is 0 Å². The van der Waals surface area contributed by atoms with E-state index in [0.29, 0.717) is 12.1 Å². The first kappa shape index (κ1) is 30.0. The molecule has 1 saturated heterocycles. The molecule has 232 valence electrons. The van der Waals surface area contributed by atoms with Gasteiger partial charge in [-0.25, -0.2) is 13.4 Å². The molecule has 1 amide bonds. The molecule has 2 aromatic heterocycles. The number of sulfonamides is 1. The molecule has 1 saturated carbocycles. The molecule has 0 radical (unpaired) electrons. The Bertz CT molecular complexity index is 1810. The fourth-order valence-corrected chi connectivity index (χ4v) is 12.2. The average molecular weight is 649 g/mol. The van der Waals surface area contributed by atoms with Crippen molar-refractivity contribution in [1.29, 1.82) is 0 Å². The first-order chi connectivity index (χ1) is 20.9. The zero-order valence-electron chi connectivity index (χ0n) is 25.9. The summed E-state index contributed by atoms with van der Waals surface area (Å²) in [6.45, 7) is 12.4. The van der Waals surface area contributed by atoms with Crippen LogP contribution in [0.2, 0.25) is 0 Å². The molecule has 7 nitrogen and oxygen atoms in total. The third kappa shape index (κ3) is 5.42. The quantitative estimate of drug-likeness (QED) is 0.223. The summed E-state index contributed by atoms with van der Waals surface area (Å²) in [7, 11) is -3.66. The number of carbonyl (C=O) groups is 1. The van der Waals surface area contributed by atoms with Crippen molar-refractivity contribution in [3.05, 3.63) is 64.5 Å². The predicted molar refractivity (Wildman–Crippen MR) is 180 cm³/mol. The summed E-state index contributed by atoms with van der Waals surface area (Å²) in [5.41, 5.74) is 3.85. The zero-order valence-corrected chi connectivity index (χ0v) is 28.3. The maximum absolute atomic E-state index is 13.8. The van der Waals surface area contributed by atoms with Crippen LogP contribution >= 0.6 is 22.7 Å². The zero-order chi connectivity index (χ0) is 30.9. The van der Waals surface area contributed by atoms with E-state index in [2.05, 4.69) is 44.0 Å². The summed E-state index contributed by atoms with van der Waals surface area (Å²) in [5, 5.41) is 4.94. The van der Waals surface area contributed by atoms with Gasteiger partial charge in [-0.05, 0) is 91.4 Å².